The SMILES string of the molecule is CCNCC(CCCSC)Cc1ccccc1. The molecule has 0 saturated carbocycles. The molecule has 1 aromatic rings. The fourth-order valence-corrected chi connectivity index (χ4v) is 2.54. The maximum absolute atomic E-state index is 3.49. The molecular weight excluding hydrogens is 226 g/mol. The van der Waals surface area contributed by atoms with E-state index in [0.717, 1.165) is 19.0 Å². The quantitative estimate of drug-likeness (QED) is 0.673. The molecular formula is C15H25NS. The van der Waals surface area contributed by atoms with Gasteiger partial charge in [-0.2, -0.15) is 11.8 Å². The van der Waals surface area contributed by atoms with Crippen molar-refractivity contribution in [1.82, 2.24) is 5.32 Å². The summed E-state index contributed by atoms with van der Waals surface area (Å²) < 4.78 is 0. The van der Waals surface area contributed by atoms with Gasteiger partial charge in [0.05, 0.1) is 0 Å². The van der Waals surface area contributed by atoms with Gasteiger partial charge in [0.1, 0.15) is 0 Å². The van der Waals surface area contributed by atoms with E-state index in [9.17, 15) is 0 Å². The third-order valence-corrected chi connectivity index (χ3v) is 3.71. The highest BCUT2D eigenvalue weighted by atomic mass is 32.2. The minimum Gasteiger partial charge on any atom is -0.317 e. The van der Waals surface area contributed by atoms with Gasteiger partial charge in [-0.3, -0.25) is 0 Å². The molecule has 0 aliphatic carbocycles. The lowest BCUT2D eigenvalue weighted by Gasteiger charge is -2.17. The van der Waals surface area contributed by atoms with Crippen molar-refractivity contribution in [2.75, 3.05) is 25.1 Å². The van der Waals surface area contributed by atoms with Crippen LogP contribution in [-0.2, 0) is 6.42 Å². The highest BCUT2D eigenvalue weighted by Gasteiger charge is 2.08. The first-order valence-corrected chi connectivity index (χ1v) is 7.99. The van der Waals surface area contributed by atoms with Gasteiger partial charge in [0.2, 0.25) is 0 Å². The second-order valence-electron chi connectivity index (χ2n) is 4.50. The first-order valence-electron chi connectivity index (χ1n) is 6.60. The van der Waals surface area contributed by atoms with Crippen molar-refractivity contribution in [2.24, 2.45) is 5.92 Å². The summed E-state index contributed by atoms with van der Waals surface area (Å²) >= 11 is 1.95. The maximum atomic E-state index is 3.49. The molecule has 0 amide bonds. The monoisotopic (exact) mass is 251 g/mol. The highest BCUT2D eigenvalue weighted by molar-refractivity contribution is 7.98. The molecule has 1 nitrogen and oxygen atoms in total. The summed E-state index contributed by atoms with van der Waals surface area (Å²) in [5.41, 5.74) is 1.47. The Kier molecular flexibility index (Phi) is 8.20. The predicted molar refractivity (Wildman–Crippen MR) is 79.8 cm³/mol. The molecule has 1 rings (SSSR count). The Balaban J connectivity index is 2.39. The first-order chi connectivity index (χ1) is 8.36. The number of thioether (sulfide) groups is 1. The fraction of sp³-hybridized carbons (Fsp3) is 0.600. The predicted octanol–water partition coefficient (Wildman–Crippen LogP) is 3.60. The molecule has 0 aliphatic heterocycles. The highest BCUT2D eigenvalue weighted by Crippen LogP contribution is 2.15. The third-order valence-electron chi connectivity index (χ3n) is 3.01. The van der Waals surface area contributed by atoms with Crippen molar-refractivity contribution >= 4 is 11.8 Å². The van der Waals surface area contributed by atoms with Crippen molar-refractivity contribution in [3.05, 3.63) is 35.9 Å². The van der Waals surface area contributed by atoms with Gasteiger partial charge in [0.15, 0.2) is 0 Å². The van der Waals surface area contributed by atoms with Gasteiger partial charge in [0.25, 0.3) is 0 Å². The van der Waals surface area contributed by atoms with E-state index in [2.05, 4.69) is 48.8 Å². The van der Waals surface area contributed by atoms with Crippen molar-refractivity contribution in [3.63, 3.8) is 0 Å². The third kappa shape index (κ3) is 6.75. The standard InChI is InChI=1S/C15H25NS/c1-3-16-13-15(10-7-11-17-2)12-14-8-5-4-6-9-14/h4-6,8-9,15-16H,3,7,10-13H2,1-2H3. The molecule has 0 radical (unpaired) electrons. The summed E-state index contributed by atoms with van der Waals surface area (Å²) in [6.07, 6.45) is 6.07. The zero-order valence-corrected chi connectivity index (χ0v) is 11.9. The van der Waals surface area contributed by atoms with Gasteiger partial charge in [-0.05, 0) is 55.8 Å². The lowest BCUT2D eigenvalue weighted by atomic mass is 9.95. The topological polar surface area (TPSA) is 12.0 Å². The van der Waals surface area contributed by atoms with Gasteiger partial charge in [0, 0.05) is 0 Å². The Labute approximate surface area is 110 Å². The largest absolute Gasteiger partial charge is 0.317 e. The summed E-state index contributed by atoms with van der Waals surface area (Å²) in [6.45, 7) is 4.41. The van der Waals surface area contributed by atoms with Gasteiger partial charge in [-0.15, -0.1) is 0 Å². The molecule has 0 aromatic heterocycles. The van der Waals surface area contributed by atoms with E-state index >= 15 is 0 Å². The Bertz CT molecular complexity index is 274. The molecule has 96 valence electrons. The molecule has 0 heterocycles. The smallest absolute Gasteiger partial charge is 0.00174 e. The van der Waals surface area contributed by atoms with Crippen LogP contribution in [0.5, 0.6) is 0 Å². The minimum absolute atomic E-state index is 0.782. The molecule has 1 N–H and O–H groups in total. The summed E-state index contributed by atoms with van der Waals surface area (Å²) in [6, 6.07) is 10.9. The molecule has 0 bridgehead atoms. The molecule has 0 spiro atoms. The van der Waals surface area contributed by atoms with E-state index in [1.807, 2.05) is 11.8 Å². The Morgan fingerprint density at radius 1 is 1.24 bits per heavy atom. The molecule has 1 unspecified atom stereocenters. The Morgan fingerprint density at radius 2 is 2.00 bits per heavy atom. The van der Waals surface area contributed by atoms with Crippen LogP contribution < -0.4 is 5.32 Å². The number of hydrogen-bond acceptors (Lipinski definition) is 2. The molecule has 0 fully saturated rings. The van der Waals surface area contributed by atoms with Crippen molar-refractivity contribution in [3.8, 4) is 0 Å². The van der Waals surface area contributed by atoms with Crippen LogP contribution in [0.15, 0.2) is 30.3 Å². The van der Waals surface area contributed by atoms with Crippen LogP contribution in [0.3, 0.4) is 0 Å². The molecule has 1 atom stereocenters. The summed E-state index contributed by atoms with van der Waals surface area (Å²) in [5.74, 6) is 2.07. The Morgan fingerprint density at radius 3 is 2.65 bits per heavy atom. The Hall–Kier alpha value is -0.470. The lowest BCUT2D eigenvalue weighted by molar-refractivity contribution is 0.446. The molecule has 0 aliphatic rings. The zero-order valence-electron chi connectivity index (χ0n) is 11.1. The lowest BCUT2D eigenvalue weighted by Crippen LogP contribution is -2.24. The van der Waals surface area contributed by atoms with E-state index in [1.54, 1.807) is 0 Å². The first kappa shape index (κ1) is 14.6. The van der Waals surface area contributed by atoms with Crippen LogP contribution in [0, 0.1) is 5.92 Å². The van der Waals surface area contributed by atoms with Gasteiger partial charge in [-0.1, -0.05) is 37.3 Å². The van der Waals surface area contributed by atoms with Crippen LogP contribution in [0.4, 0.5) is 0 Å². The summed E-state index contributed by atoms with van der Waals surface area (Å²) in [7, 11) is 0. The molecule has 1 aromatic carbocycles. The number of benzene rings is 1. The number of hydrogen-bond donors (Lipinski definition) is 1. The number of rotatable bonds is 9. The molecule has 17 heavy (non-hydrogen) atoms. The van der Waals surface area contributed by atoms with Crippen molar-refractivity contribution < 1.29 is 0 Å². The van der Waals surface area contributed by atoms with E-state index in [-0.39, 0.29) is 0 Å². The summed E-state index contributed by atoms with van der Waals surface area (Å²) in [4.78, 5) is 0. The van der Waals surface area contributed by atoms with Crippen molar-refractivity contribution in [2.45, 2.75) is 26.2 Å². The van der Waals surface area contributed by atoms with E-state index in [0.29, 0.717) is 0 Å². The van der Waals surface area contributed by atoms with E-state index in [1.165, 1.54) is 30.6 Å². The molecule has 0 saturated heterocycles. The maximum Gasteiger partial charge on any atom is -0.00174 e. The van der Waals surface area contributed by atoms with Crippen LogP contribution in [0.25, 0.3) is 0 Å². The van der Waals surface area contributed by atoms with Gasteiger partial charge in [-0.25, -0.2) is 0 Å². The fourth-order valence-electron chi connectivity index (χ4n) is 2.09. The number of nitrogens with one attached hydrogen (secondary N) is 1. The van der Waals surface area contributed by atoms with E-state index < -0.39 is 0 Å². The van der Waals surface area contributed by atoms with Crippen LogP contribution in [0.1, 0.15) is 25.3 Å². The second-order valence-corrected chi connectivity index (χ2v) is 5.48. The van der Waals surface area contributed by atoms with E-state index in [4.69, 9.17) is 0 Å². The minimum atomic E-state index is 0.782. The summed E-state index contributed by atoms with van der Waals surface area (Å²) in [5, 5.41) is 3.49. The average molecular weight is 251 g/mol. The van der Waals surface area contributed by atoms with Crippen molar-refractivity contribution in [1.29, 1.82) is 0 Å². The van der Waals surface area contributed by atoms with Gasteiger partial charge < -0.3 is 5.32 Å². The van der Waals surface area contributed by atoms with Crippen LogP contribution in [0.2, 0.25) is 0 Å². The van der Waals surface area contributed by atoms with Crippen LogP contribution >= 0.6 is 11.8 Å². The normalized spacial score (nSPS) is 12.6. The van der Waals surface area contributed by atoms with Crippen LogP contribution in [-0.4, -0.2) is 25.1 Å². The second kappa shape index (κ2) is 9.55. The zero-order chi connectivity index (χ0) is 12.3. The molecule has 2 heteroatoms. The van der Waals surface area contributed by atoms with Gasteiger partial charge >= 0.3 is 0 Å². The average Bonchev–Trinajstić information content (AvgIpc) is 2.37.